The Hall–Kier alpha value is -1.11. The van der Waals surface area contributed by atoms with E-state index in [1.54, 1.807) is 4.90 Å². The number of sulfone groups is 1. The van der Waals surface area contributed by atoms with E-state index in [9.17, 15) is 18.0 Å². The highest BCUT2D eigenvalue weighted by Crippen LogP contribution is 2.29. The van der Waals surface area contributed by atoms with Gasteiger partial charge >= 0.3 is 0 Å². The molecule has 0 radical (unpaired) electrons. The van der Waals surface area contributed by atoms with Gasteiger partial charge in [0.25, 0.3) is 0 Å². The predicted molar refractivity (Wildman–Crippen MR) is 79.3 cm³/mol. The van der Waals surface area contributed by atoms with Gasteiger partial charge in [-0.15, -0.1) is 0 Å². The minimum Gasteiger partial charge on any atom is -0.352 e. The molecule has 2 amide bonds. The van der Waals surface area contributed by atoms with Crippen molar-refractivity contribution in [3.63, 3.8) is 0 Å². The maximum atomic E-state index is 12.7. The molecular formula is C14H24N2O4S. The molecule has 0 aliphatic carbocycles. The molecule has 2 heterocycles. The molecule has 2 fully saturated rings. The summed E-state index contributed by atoms with van der Waals surface area (Å²) in [4.78, 5) is 26.0. The van der Waals surface area contributed by atoms with Crippen LogP contribution in [0.1, 0.15) is 33.6 Å². The lowest BCUT2D eigenvalue weighted by Crippen LogP contribution is -2.61. The molecule has 2 aliphatic heterocycles. The van der Waals surface area contributed by atoms with Gasteiger partial charge in [-0.3, -0.25) is 9.59 Å². The molecule has 1 unspecified atom stereocenters. The molecule has 2 rings (SSSR count). The Labute approximate surface area is 126 Å². The van der Waals surface area contributed by atoms with Crippen LogP contribution in [0.4, 0.5) is 0 Å². The first-order chi connectivity index (χ1) is 9.60. The molecule has 0 aromatic heterocycles. The summed E-state index contributed by atoms with van der Waals surface area (Å²) in [5, 5.41) is 2.81. The molecule has 21 heavy (non-hydrogen) atoms. The maximum Gasteiger partial charge on any atom is 0.239 e. The first kappa shape index (κ1) is 16.3. The Morgan fingerprint density at radius 1 is 1.24 bits per heavy atom. The van der Waals surface area contributed by atoms with E-state index in [0.29, 0.717) is 19.4 Å². The predicted octanol–water partition coefficient (Wildman–Crippen LogP) is 0.184. The Morgan fingerprint density at radius 2 is 1.81 bits per heavy atom. The lowest BCUT2D eigenvalue weighted by atomic mass is 9.83. The molecule has 2 aliphatic rings. The van der Waals surface area contributed by atoms with Crippen LogP contribution in [-0.4, -0.2) is 55.8 Å². The number of rotatable bonds is 1. The molecular weight excluding hydrogens is 292 g/mol. The third kappa shape index (κ3) is 3.75. The number of carbonyl (C=O) groups is 2. The largest absolute Gasteiger partial charge is 0.352 e. The van der Waals surface area contributed by atoms with Gasteiger partial charge in [-0.25, -0.2) is 8.42 Å². The highest BCUT2D eigenvalue weighted by Gasteiger charge is 2.41. The third-order valence-corrected chi connectivity index (χ3v) is 6.08. The number of amides is 2. The summed E-state index contributed by atoms with van der Waals surface area (Å²) in [6, 6.07) is -0.0544. The van der Waals surface area contributed by atoms with E-state index in [2.05, 4.69) is 5.32 Å². The maximum absolute atomic E-state index is 12.7. The van der Waals surface area contributed by atoms with Gasteiger partial charge in [0, 0.05) is 12.5 Å². The van der Waals surface area contributed by atoms with Crippen LogP contribution in [0, 0.1) is 11.3 Å². The highest BCUT2D eigenvalue weighted by molar-refractivity contribution is 7.91. The van der Waals surface area contributed by atoms with Gasteiger partial charge in [0.15, 0.2) is 0 Å². The van der Waals surface area contributed by atoms with Gasteiger partial charge in [-0.05, 0) is 18.3 Å². The highest BCUT2D eigenvalue weighted by atomic mass is 32.2. The summed E-state index contributed by atoms with van der Waals surface area (Å²) in [5.41, 5.74) is -0.135. The standard InChI is InChI=1S/C14H24N2O4S/c1-14(2,3)11-8-15-12(17)9-16(11)13(18)10-4-6-21(19,20)7-5-10/h10-11H,4-9H2,1-3H3,(H,15,17). The first-order valence-electron chi connectivity index (χ1n) is 7.38. The minimum absolute atomic E-state index is 0.0544. The summed E-state index contributed by atoms with van der Waals surface area (Å²) < 4.78 is 23.0. The lowest BCUT2D eigenvalue weighted by molar-refractivity contribution is -0.147. The van der Waals surface area contributed by atoms with Crippen molar-refractivity contribution in [3.8, 4) is 0 Å². The fourth-order valence-electron chi connectivity index (χ4n) is 3.02. The van der Waals surface area contributed by atoms with Crippen LogP contribution in [0.15, 0.2) is 0 Å². The van der Waals surface area contributed by atoms with Crippen LogP contribution >= 0.6 is 0 Å². The normalized spacial score (nSPS) is 27.3. The van der Waals surface area contributed by atoms with Gasteiger partial charge in [0.2, 0.25) is 11.8 Å². The second-order valence-corrected chi connectivity index (χ2v) is 9.38. The van der Waals surface area contributed by atoms with Gasteiger partial charge in [-0.2, -0.15) is 0 Å². The van der Waals surface area contributed by atoms with Crippen molar-refractivity contribution in [3.05, 3.63) is 0 Å². The van der Waals surface area contributed by atoms with E-state index in [-0.39, 0.29) is 47.2 Å². The van der Waals surface area contributed by atoms with Crippen molar-refractivity contribution in [2.45, 2.75) is 39.7 Å². The number of piperazine rings is 1. The molecule has 1 N–H and O–H groups in total. The molecule has 1 atom stereocenters. The second kappa shape index (κ2) is 5.59. The number of hydrogen-bond donors (Lipinski definition) is 1. The average molecular weight is 316 g/mol. The zero-order valence-electron chi connectivity index (χ0n) is 12.9. The van der Waals surface area contributed by atoms with Crippen molar-refractivity contribution >= 4 is 21.7 Å². The molecule has 120 valence electrons. The molecule has 0 aromatic rings. The Kier molecular flexibility index (Phi) is 4.33. The van der Waals surface area contributed by atoms with Crippen molar-refractivity contribution in [2.75, 3.05) is 24.6 Å². The van der Waals surface area contributed by atoms with E-state index in [4.69, 9.17) is 0 Å². The van der Waals surface area contributed by atoms with Crippen molar-refractivity contribution in [2.24, 2.45) is 11.3 Å². The molecule has 2 saturated heterocycles. The second-order valence-electron chi connectivity index (χ2n) is 7.08. The van der Waals surface area contributed by atoms with Crippen molar-refractivity contribution in [1.82, 2.24) is 10.2 Å². The zero-order chi connectivity index (χ0) is 15.8. The molecule has 0 aromatic carbocycles. The lowest BCUT2D eigenvalue weighted by Gasteiger charge is -2.44. The van der Waals surface area contributed by atoms with Gasteiger partial charge in [0.1, 0.15) is 9.84 Å². The van der Waals surface area contributed by atoms with Crippen LogP contribution < -0.4 is 5.32 Å². The van der Waals surface area contributed by atoms with Crippen molar-refractivity contribution in [1.29, 1.82) is 0 Å². The van der Waals surface area contributed by atoms with Crippen LogP contribution in [-0.2, 0) is 19.4 Å². The van der Waals surface area contributed by atoms with Gasteiger partial charge in [-0.1, -0.05) is 20.8 Å². The molecule has 7 heteroatoms. The number of nitrogens with one attached hydrogen (secondary N) is 1. The molecule has 6 nitrogen and oxygen atoms in total. The van der Waals surface area contributed by atoms with Crippen LogP contribution in [0.5, 0.6) is 0 Å². The third-order valence-electron chi connectivity index (χ3n) is 4.37. The van der Waals surface area contributed by atoms with E-state index in [0.717, 1.165) is 0 Å². The molecule has 0 spiro atoms. The van der Waals surface area contributed by atoms with Crippen LogP contribution in [0.3, 0.4) is 0 Å². The monoisotopic (exact) mass is 316 g/mol. The summed E-state index contributed by atoms with van der Waals surface area (Å²) in [6.45, 7) is 6.66. The van der Waals surface area contributed by atoms with E-state index < -0.39 is 9.84 Å². The Morgan fingerprint density at radius 3 is 2.33 bits per heavy atom. The summed E-state index contributed by atoms with van der Waals surface area (Å²) in [5.74, 6) is -0.344. The van der Waals surface area contributed by atoms with Crippen LogP contribution in [0.25, 0.3) is 0 Å². The summed E-state index contributed by atoms with van der Waals surface area (Å²) in [6.07, 6.45) is 0.742. The first-order valence-corrected chi connectivity index (χ1v) is 9.20. The van der Waals surface area contributed by atoms with E-state index in [1.807, 2.05) is 20.8 Å². The van der Waals surface area contributed by atoms with Crippen LogP contribution in [0.2, 0.25) is 0 Å². The minimum atomic E-state index is -2.98. The van der Waals surface area contributed by atoms with Crippen molar-refractivity contribution < 1.29 is 18.0 Å². The van der Waals surface area contributed by atoms with Gasteiger partial charge in [0.05, 0.1) is 24.1 Å². The van der Waals surface area contributed by atoms with E-state index in [1.165, 1.54) is 0 Å². The smallest absolute Gasteiger partial charge is 0.239 e. The molecule has 0 saturated carbocycles. The zero-order valence-corrected chi connectivity index (χ0v) is 13.7. The summed E-state index contributed by atoms with van der Waals surface area (Å²) >= 11 is 0. The number of nitrogens with zero attached hydrogens (tertiary/aromatic N) is 1. The fourth-order valence-corrected chi connectivity index (χ4v) is 4.51. The average Bonchev–Trinajstić information content (AvgIpc) is 2.36. The number of carbonyl (C=O) groups excluding carboxylic acids is 2. The number of hydrogen-bond acceptors (Lipinski definition) is 4. The van der Waals surface area contributed by atoms with E-state index >= 15 is 0 Å². The Bertz CT molecular complexity index is 522. The summed E-state index contributed by atoms with van der Waals surface area (Å²) in [7, 11) is -2.98. The van der Waals surface area contributed by atoms with Gasteiger partial charge < -0.3 is 10.2 Å². The topological polar surface area (TPSA) is 83.6 Å². The Balaban J connectivity index is 2.13. The quantitative estimate of drug-likeness (QED) is 0.748. The fraction of sp³-hybridized carbons (Fsp3) is 0.857. The SMILES string of the molecule is CC(C)(C)C1CNC(=O)CN1C(=O)C1CCS(=O)(=O)CC1. The molecule has 0 bridgehead atoms.